The van der Waals surface area contributed by atoms with Gasteiger partial charge in [-0.25, -0.2) is 0 Å². The van der Waals surface area contributed by atoms with Gasteiger partial charge in [0.25, 0.3) is 0 Å². The first-order chi connectivity index (χ1) is 12.3. The fraction of sp³-hybridized carbons (Fsp3) is 0.400. The van der Waals surface area contributed by atoms with Crippen LogP contribution in [0.3, 0.4) is 0 Å². The second-order valence-electron chi connectivity index (χ2n) is 7.44. The highest BCUT2D eigenvalue weighted by Gasteiger charge is 2.15. The molecule has 26 heavy (non-hydrogen) atoms. The molecule has 0 fully saturated rings. The lowest BCUT2D eigenvalue weighted by atomic mass is 9.91. The molecule has 6 heteroatoms. The van der Waals surface area contributed by atoms with Crippen LogP contribution in [0.15, 0.2) is 41.3 Å². The molecule has 1 heterocycles. The van der Waals surface area contributed by atoms with Crippen LogP contribution in [0.1, 0.15) is 38.4 Å². The van der Waals surface area contributed by atoms with Crippen LogP contribution in [0.4, 0.5) is 0 Å². The van der Waals surface area contributed by atoms with E-state index in [0.29, 0.717) is 12.1 Å². The van der Waals surface area contributed by atoms with Crippen LogP contribution >= 0.6 is 0 Å². The van der Waals surface area contributed by atoms with Gasteiger partial charge in [-0.05, 0) is 24.1 Å². The summed E-state index contributed by atoms with van der Waals surface area (Å²) in [4.78, 5) is 15.7. The number of nitrogens with one attached hydrogen (secondary N) is 4. The first-order valence-corrected chi connectivity index (χ1v) is 8.88. The van der Waals surface area contributed by atoms with Gasteiger partial charge in [-0.3, -0.25) is 10.2 Å². The van der Waals surface area contributed by atoms with Crippen molar-refractivity contribution in [1.29, 1.82) is 5.41 Å². The molecule has 140 valence electrons. The Morgan fingerprint density at radius 1 is 1.19 bits per heavy atom. The van der Waals surface area contributed by atoms with E-state index < -0.39 is 0 Å². The van der Waals surface area contributed by atoms with E-state index in [4.69, 9.17) is 11.1 Å². The zero-order valence-electron chi connectivity index (χ0n) is 15.8. The molecule has 0 aliphatic carbocycles. The summed E-state index contributed by atoms with van der Waals surface area (Å²) in [5.41, 5.74) is 8.90. The fourth-order valence-electron chi connectivity index (χ4n) is 2.60. The molecule has 0 radical (unpaired) electrons. The standard InChI is InChI=1S/C20H29N5O/c1-20(2,3)18-11-17(26)16(13-25-18)15-7-5-14(6-8-15)12-23-9-4-10-24-19(21)22/h5-8,11,13,23H,4,9-10,12H2,1-3H3,(H,25,26)(H4,21,22,24). The second-order valence-corrected chi connectivity index (χ2v) is 7.44. The maximum absolute atomic E-state index is 12.4. The molecule has 0 spiro atoms. The van der Waals surface area contributed by atoms with Gasteiger partial charge in [-0.2, -0.15) is 0 Å². The van der Waals surface area contributed by atoms with Crippen LogP contribution in [0.25, 0.3) is 11.1 Å². The molecule has 0 bridgehead atoms. The molecule has 0 amide bonds. The molecule has 2 rings (SSSR count). The highest BCUT2D eigenvalue weighted by molar-refractivity contribution is 5.74. The SMILES string of the molecule is CC(C)(C)c1cc(=O)c(-c2ccc(CNCCCNC(=N)N)cc2)c[nH]1. The highest BCUT2D eigenvalue weighted by Crippen LogP contribution is 2.21. The molecule has 0 aliphatic rings. The van der Waals surface area contributed by atoms with Gasteiger partial charge in [-0.1, -0.05) is 45.0 Å². The molecule has 0 atom stereocenters. The van der Waals surface area contributed by atoms with Crippen LogP contribution in [0, 0.1) is 5.41 Å². The van der Waals surface area contributed by atoms with Crippen molar-refractivity contribution in [3.05, 3.63) is 58.0 Å². The average Bonchev–Trinajstić information content (AvgIpc) is 2.57. The van der Waals surface area contributed by atoms with Crippen molar-refractivity contribution in [3.63, 3.8) is 0 Å². The van der Waals surface area contributed by atoms with Gasteiger partial charge >= 0.3 is 0 Å². The number of aromatic amines is 1. The maximum atomic E-state index is 12.4. The van der Waals surface area contributed by atoms with Crippen LogP contribution in [0.2, 0.25) is 0 Å². The van der Waals surface area contributed by atoms with E-state index in [1.807, 2.05) is 24.3 Å². The first-order valence-electron chi connectivity index (χ1n) is 8.88. The lowest BCUT2D eigenvalue weighted by Gasteiger charge is -2.18. The summed E-state index contributed by atoms with van der Waals surface area (Å²) in [6, 6.07) is 9.73. The number of rotatable bonds is 7. The van der Waals surface area contributed by atoms with Gasteiger partial charge in [0.15, 0.2) is 11.4 Å². The summed E-state index contributed by atoms with van der Waals surface area (Å²) in [6.45, 7) is 8.53. The lowest BCUT2D eigenvalue weighted by molar-refractivity contribution is 0.568. The van der Waals surface area contributed by atoms with Gasteiger partial charge in [0.05, 0.1) is 0 Å². The minimum atomic E-state index is -0.0762. The van der Waals surface area contributed by atoms with Gasteiger partial charge in [0.1, 0.15) is 0 Å². The normalized spacial score (nSPS) is 11.3. The molecule has 0 aliphatic heterocycles. The maximum Gasteiger partial charge on any atom is 0.189 e. The predicted molar refractivity (Wildman–Crippen MR) is 107 cm³/mol. The van der Waals surface area contributed by atoms with Crippen LogP contribution in [-0.2, 0) is 12.0 Å². The van der Waals surface area contributed by atoms with E-state index in [-0.39, 0.29) is 16.8 Å². The molecule has 2 aromatic rings. The number of nitrogens with two attached hydrogens (primary N) is 1. The third kappa shape index (κ3) is 5.74. The van der Waals surface area contributed by atoms with Crippen molar-refractivity contribution in [2.45, 2.75) is 39.2 Å². The number of hydrogen-bond donors (Lipinski definition) is 5. The molecule has 6 N–H and O–H groups in total. The van der Waals surface area contributed by atoms with E-state index >= 15 is 0 Å². The monoisotopic (exact) mass is 355 g/mol. The lowest BCUT2D eigenvalue weighted by Crippen LogP contribution is -2.32. The number of hydrogen-bond acceptors (Lipinski definition) is 3. The minimum Gasteiger partial charge on any atom is -0.370 e. The predicted octanol–water partition coefficient (Wildman–Crippen LogP) is 2.30. The van der Waals surface area contributed by atoms with E-state index in [9.17, 15) is 4.79 Å². The number of guanidine groups is 1. The molecule has 1 aromatic carbocycles. The van der Waals surface area contributed by atoms with Crippen LogP contribution in [0.5, 0.6) is 0 Å². The van der Waals surface area contributed by atoms with E-state index in [1.54, 1.807) is 12.3 Å². The second kappa shape index (κ2) is 8.67. The number of pyridine rings is 1. The van der Waals surface area contributed by atoms with E-state index in [0.717, 1.165) is 36.3 Å². The Balaban J connectivity index is 1.93. The number of H-pyrrole nitrogens is 1. The van der Waals surface area contributed by atoms with Gasteiger partial charge in [-0.15, -0.1) is 0 Å². The van der Waals surface area contributed by atoms with Crippen molar-refractivity contribution in [1.82, 2.24) is 15.6 Å². The summed E-state index contributed by atoms with van der Waals surface area (Å²) >= 11 is 0. The molecular formula is C20H29N5O. The molecule has 1 aromatic heterocycles. The first kappa shape index (κ1) is 19.7. The summed E-state index contributed by atoms with van der Waals surface area (Å²) in [6.07, 6.45) is 2.70. The zero-order valence-corrected chi connectivity index (χ0v) is 15.8. The molecule has 6 nitrogen and oxygen atoms in total. The summed E-state index contributed by atoms with van der Waals surface area (Å²) in [7, 11) is 0. The van der Waals surface area contributed by atoms with Crippen LogP contribution in [-0.4, -0.2) is 24.0 Å². The van der Waals surface area contributed by atoms with Crippen molar-refractivity contribution in [3.8, 4) is 11.1 Å². The van der Waals surface area contributed by atoms with Crippen molar-refractivity contribution >= 4 is 5.96 Å². The van der Waals surface area contributed by atoms with Gasteiger partial charge in [0.2, 0.25) is 0 Å². The summed E-state index contributed by atoms with van der Waals surface area (Å²) < 4.78 is 0. The molecular weight excluding hydrogens is 326 g/mol. The van der Waals surface area contributed by atoms with Gasteiger partial charge < -0.3 is 21.4 Å². The fourth-order valence-corrected chi connectivity index (χ4v) is 2.60. The smallest absolute Gasteiger partial charge is 0.189 e. The Morgan fingerprint density at radius 3 is 2.46 bits per heavy atom. The number of aromatic nitrogens is 1. The Labute approximate surface area is 154 Å². The zero-order chi connectivity index (χ0) is 19.2. The molecule has 0 saturated carbocycles. The largest absolute Gasteiger partial charge is 0.370 e. The highest BCUT2D eigenvalue weighted by atomic mass is 16.1. The molecule has 0 saturated heterocycles. The summed E-state index contributed by atoms with van der Waals surface area (Å²) in [5, 5.41) is 13.2. The minimum absolute atomic E-state index is 0.00566. The van der Waals surface area contributed by atoms with Crippen LogP contribution < -0.4 is 21.8 Å². The number of benzene rings is 1. The Kier molecular flexibility index (Phi) is 6.58. The molecule has 0 unspecified atom stereocenters. The van der Waals surface area contributed by atoms with Crippen molar-refractivity contribution in [2.24, 2.45) is 5.73 Å². The van der Waals surface area contributed by atoms with E-state index in [1.165, 1.54) is 0 Å². The summed E-state index contributed by atoms with van der Waals surface area (Å²) in [5.74, 6) is 0.00566. The van der Waals surface area contributed by atoms with Crippen molar-refractivity contribution < 1.29 is 0 Å². The van der Waals surface area contributed by atoms with Gasteiger partial charge in [0, 0.05) is 42.0 Å². The van der Waals surface area contributed by atoms with E-state index in [2.05, 4.69) is 36.4 Å². The third-order valence-corrected chi connectivity index (χ3v) is 4.16. The average molecular weight is 355 g/mol. The Hall–Kier alpha value is -2.60. The Morgan fingerprint density at radius 2 is 1.88 bits per heavy atom. The quantitative estimate of drug-likeness (QED) is 0.298. The third-order valence-electron chi connectivity index (χ3n) is 4.16. The van der Waals surface area contributed by atoms with Crippen molar-refractivity contribution in [2.75, 3.05) is 13.1 Å². The Bertz CT molecular complexity index is 787. The topological polar surface area (TPSA) is 107 Å².